The molecule has 0 radical (unpaired) electrons. The summed E-state index contributed by atoms with van der Waals surface area (Å²) in [5, 5.41) is 8.84. The monoisotopic (exact) mass is 290 g/mol. The minimum absolute atomic E-state index is 0.149. The zero-order chi connectivity index (χ0) is 15.1. The van der Waals surface area contributed by atoms with Crippen molar-refractivity contribution in [1.82, 2.24) is 9.80 Å². The van der Waals surface area contributed by atoms with Crippen LogP contribution < -0.4 is 0 Å². The Morgan fingerprint density at radius 1 is 1.19 bits per heavy atom. The maximum absolute atomic E-state index is 12.5. The van der Waals surface area contributed by atoms with Gasteiger partial charge in [0.2, 0.25) is 0 Å². The molecule has 1 aliphatic heterocycles. The number of amides is 1. The molecule has 1 N–H and O–H groups in total. The smallest absolute Gasteiger partial charge is 0.253 e. The van der Waals surface area contributed by atoms with E-state index in [9.17, 15) is 4.79 Å². The fraction of sp³-hybridized carbons (Fsp3) is 0.588. The fourth-order valence-electron chi connectivity index (χ4n) is 2.81. The number of nitrogens with zero attached hydrogens (tertiary/aromatic N) is 2. The number of hydrogen-bond acceptors (Lipinski definition) is 3. The summed E-state index contributed by atoms with van der Waals surface area (Å²) in [6.07, 6.45) is 2.92. The minimum atomic E-state index is 0.149. The molecule has 116 valence electrons. The topological polar surface area (TPSA) is 43.8 Å². The summed E-state index contributed by atoms with van der Waals surface area (Å²) in [5.41, 5.74) is 1.92. The van der Waals surface area contributed by atoms with Crippen molar-refractivity contribution < 1.29 is 9.90 Å². The standard InChI is InChI=1S/C17H26N2O2/c1-15-6-4-7-16(14-15)17(21)19-10-5-9-18(11-12-19)8-2-3-13-20/h4,6-7,14,20H,2-3,5,8-13H2,1H3. The summed E-state index contributed by atoms with van der Waals surface area (Å²) in [5.74, 6) is 0.149. The molecule has 0 spiro atoms. The van der Waals surface area contributed by atoms with E-state index in [1.165, 1.54) is 0 Å². The Hall–Kier alpha value is -1.39. The van der Waals surface area contributed by atoms with Crippen LogP contribution in [0.4, 0.5) is 0 Å². The molecule has 0 aliphatic carbocycles. The van der Waals surface area contributed by atoms with Gasteiger partial charge in [-0.2, -0.15) is 0 Å². The number of carbonyl (C=O) groups excluding carboxylic acids is 1. The Morgan fingerprint density at radius 3 is 2.81 bits per heavy atom. The van der Waals surface area contributed by atoms with Crippen LogP contribution >= 0.6 is 0 Å². The van der Waals surface area contributed by atoms with Gasteiger partial charge in [-0.25, -0.2) is 0 Å². The van der Waals surface area contributed by atoms with E-state index in [4.69, 9.17) is 5.11 Å². The summed E-state index contributed by atoms with van der Waals surface area (Å²) < 4.78 is 0. The first-order chi connectivity index (χ1) is 10.2. The number of benzene rings is 1. The maximum atomic E-state index is 12.5. The highest BCUT2D eigenvalue weighted by Crippen LogP contribution is 2.11. The van der Waals surface area contributed by atoms with Crippen LogP contribution in [0.1, 0.15) is 35.2 Å². The van der Waals surface area contributed by atoms with Gasteiger partial charge in [0.25, 0.3) is 5.91 Å². The van der Waals surface area contributed by atoms with E-state index in [-0.39, 0.29) is 12.5 Å². The molecule has 1 fully saturated rings. The van der Waals surface area contributed by atoms with Gasteiger partial charge in [-0.3, -0.25) is 4.79 Å². The van der Waals surface area contributed by atoms with Crippen LogP contribution in [-0.2, 0) is 0 Å². The Labute approximate surface area is 127 Å². The van der Waals surface area contributed by atoms with Gasteiger partial charge >= 0.3 is 0 Å². The molecule has 2 rings (SSSR count). The molecule has 4 heteroatoms. The molecule has 21 heavy (non-hydrogen) atoms. The lowest BCUT2D eigenvalue weighted by atomic mass is 10.1. The zero-order valence-corrected chi connectivity index (χ0v) is 12.9. The number of unbranched alkanes of at least 4 members (excludes halogenated alkanes) is 1. The number of aryl methyl sites for hydroxylation is 1. The van der Waals surface area contributed by atoms with Gasteiger partial charge in [-0.05, 0) is 51.4 Å². The fourth-order valence-corrected chi connectivity index (χ4v) is 2.81. The first-order valence-corrected chi connectivity index (χ1v) is 7.90. The number of aliphatic hydroxyl groups is 1. The lowest BCUT2D eigenvalue weighted by Crippen LogP contribution is -2.35. The molecule has 0 bridgehead atoms. The van der Waals surface area contributed by atoms with Gasteiger partial charge in [-0.15, -0.1) is 0 Å². The number of hydrogen-bond donors (Lipinski definition) is 1. The summed E-state index contributed by atoms with van der Waals surface area (Å²) in [6.45, 7) is 6.92. The molecule has 1 saturated heterocycles. The van der Waals surface area contributed by atoms with Crippen LogP contribution in [-0.4, -0.2) is 60.1 Å². The van der Waals surface area contributed by atoms with E-state index in [2.05, 4.69) is 4.90 Å². The average molecular weight is 290 g/mol. The summed E-state index contributed by atoms with van der Waals surface area (Å²) >= 11 is 0. The third kappa shape index (κ3) is 4.83. The second-order valence-electron chi connectivity index (χ2n) is 5.79. The van der Waals surface area contributed by atoms with E-state index in [0.29, 0.717) is 0 Å². The van der Waals surface area contributed by atoms with Crippen LogP contribution in [0.2, 0.25) is 0 Å². The molecule has 1 aromatic rings. The predicted octanol–water partition coefficient (Wildman–Crippen LogP) is 1.92. The number of rotatable bonds is 5. The molecule has 4 nitrogen and oxygen atoms in total. The van der Waals surface area contributed by atoms with Crippen LogP contribution in [0.5, 0.6) is 0 Å². The van der Waals surface area contributed by atoms with E-state index >= 15 is 0 Å². The number of aliphatic hydroxyl groups excluding tert-OH is 1. The Balaban J connectivity index is 1.89. The maximum Gasteiger partial charge on any atom is 0.253 e. The Morgan fingerprint density at radius 2 is 2.05 bits per heavy atom. The molecule has 0 aromatic heterocycles. The van der Waals surface area contributed by atoms with E-state index in [0.717, 1.165) is 63.1 Å². The quantitative estimate of drug-likeness (QED) is 0.843. The average Bonchev–Trinajstić information content (AvgIpc) is 2.72. The van der Waals surface area contributed by atoms with E-state index in [1.807, 2.05) is 36.1 Å². The molecular formula is C17H26N2O2. The van der Waals surface area contributed by atoms with Gasteiger partial charge in [0.15, 0.2) is 0 Å². The van der Waals surface area contributed by atoms with E-state index in [1.54, 1.807) is 0 Å². The second-order valence-corrected chi connectivity index (χ2v) is 5.79. The molecule has 0 atom stereocenters. The normalized spacial score (nSPS) is 16.8. The van der Waals surface area contributed by atoms with Crippen LogP contribution in [0.25, 0.3) is 0 Å². The highest BCUT2D eigenvalue weighted by Gasteiger charge is 2.19. The summed E-state index contributed by atoms with van der Waals surface area (Å²) in [6, 6.07) is 7.83. The Bertz CT molecular complexity index is 462. The molecule has 1 heterocycles. The van der Waals surface area contributed by atoms with Gasteiger partial charge in [0.05, 0.1) is 0 Å². The summed E-state index contributed by atoms with van der Waals surface area (Å²) in [4.78, 5) is 16.9. The third-order valence-electron chi connectivity index (χ3n) is 4.02. The first-order valence-electron chi connectivity index (χ1n) is 7.90. The lowest BCUT2D eigenvalue weighted by Gasteiger charge is -2.22. The van der Waals surface area contributed by atoms with Gasteiger partial charge in [0.1, 0.15) is 0 Å². The largest absolute Gasteiger partial charge is 0.396 e. The van der Waals surface area contributed by atoms with Gasteiger partial charge in [0, 0.05) is 31.8 Å². The number of carbonyl (C=O) groups is 1. The molecule has 0 saturated carbocycles. The minimum Gasteiger partial charge on any atom is -0.396 e. The summed E-state index contributed by atoms with van der Waals surface area (Å²) in [7, 11) is 0. The van der Waals surface area contributed by atoms with Crippen LogP contribution in [0.3, 0.4) is 0 Å². The van der Waals surface area contributed by atoms with Crippen molar-refractivity contribution in [1.29, 1.82) is 0 Å². The van der Waals surface area contributed by atoms with Crippen LogP contribution in [0.15, 0.2) is 24.3 Å². The zero-order valence-electron chi connectivity index (χ0n) is 12.9. The Kier molecular flexibility index (Phi) is 6.21. The highest BCUT2D eigenvalue weighted by molar-refractivity contribution is 5.94. The molecule has 1 amide bonds. The molecule has 1 aromatic carbocycles. The van der Waals surface area contributed by atoms with Crippen molar-refractivity contribution in [2.75, 3.05) is 39.3 Å². The van der Waals surface area contributed by atoms with Crippen molar-refractivity contribution in [3.8, 4) is 0 Å². The molecule has 1 aliphatic rings. The van der Waals surface area contributed by atoms with Crippen molar-refractivity contribution in [3.63, 3.8) is 0 Å². The first kappa shape index (κ1) is 16.0. The SMILES string of the molecule is Cc1cccc(C(=O)N2CCCN(CCCCO)CC2)c1. The lowest BCUT2D eigenvalue weighted by molar-refractivity contribution is 0.0761. The highest BCUT2D eigenvalue weighted by atomic mass is 16.2. The van der Waals surface area contributed by atoms with Crippen LogP contribution in [0, 0.1) is 6.92 Å². The van der Waals surface area contributed by atoms with E-state index < -0.39 is 0 Å². The van der Waals surface area contributed by atoms with Crippen molar-refractivity contribution in [2.45, 2.75) is 26.2 Å². The van der Waals surface area contributed by atoms with Crippen molar-refractivity contribution in [3.05, 3.63) is 35.4 Å². The predicted molar refractivity (Wildman–Crippen MR) is 84.5 cm³/mol. The second kappa shape index (κ2) is 8.15. The van der Waals surface area contributed by atoms with Gasteiger partial charge in [-0.1, -0.05) is 17.7 Å². The van der Waals surface area contributed by atoms with Crippen molar-refractivity contribution >= 4 is 5.91 Å². The van der Waals surface area contributed by atoms with Crippen molar-refractivity contribution in [2.24, 2.45) is 0 Å². The molecular weight excluding hydrogens is 264 g/mol. The van der Waals surface area contributed by atoms with Gasteiger partial charge < -0.3 is 14.9 Å². The third-order valence-corrected chi connectivity index (χ3v) is 4.02. The molecule has 0 unspecified atom stereocenters.